The number of rotatable bonds is 3. The molecule has 0 spiro atoms. The van der Waals surface area contributed by atoms with Crippen molar-refractivity contribution in [1.29, 1.82) is 0 Å². The summed E-state index contributed by atoms with van der Waals surface area (Å²) < 4.78 is 0. The second kappa shape index (κ2) is 5.02. The van der Waals surface area contributed by atoms with Crippen LogP contribution in [0, 0.1) is 0 Å². The number of amides is 1. The SMILES string of the molecule is CCc1cc2c(C(N)=O)cccc2nc1-c1cncs1. The number of benzene rings is 1. The van der Waals surface area contributed by atoms with Gasteiger partial charge in [-0.1, -0.05) is 13.0 Å². The van der Waals surface area contributed by atoms with Gasteiger partial charge in [0.1, 0.15) is 0 Å². The van der Waals surface area contributed by atoms with E-state index < -0.39 is 5.91 Å². The summed E-state index contributed by atoms with van der Waals surface area (Å²) in [6, 6.07) is 7.44. The van der Waals surface area contributed by atoms with Crippen LogP contribution in [-0.4, -0.2) is 15.9 Å². The Morgan fingerprint density at radius 2 is 2.25 bits per heavy atom. The number of thiazole rings is 1. The van der Waals surface area contributed by atoms with Crippen LogP contribution in [0.25, 0.3) is 21.5 Å². The molecule has 0 unspecified atom stereocenters. The number of carbonyl (C=O) groups excluding carboxylic acids is 1. The highest BCUT2D eigenvalue weighted by molar-refractivity contribution is 7.13. The monoisotopic (exact) mass is 283 g/mol. The molecule has 2 aromatic heterocycles. The maximum absolute atomic E-state index is 11.5. The molecule has 2 heterocycles. The highest BCUT2D eigenvalue weighted by atomic mass is 32.1. The first-order valence-corrected chi connectivity index (χ1v) is 7.20. The van der Waals surface area contributed by atoms with Crippen molar-refractivity contribution in [2.75, 3.05) is 0 Å². The van der Waals surface area contributed by atoms with Crippen LogP contribution in [-0.2, 0) is 6.42 Å². The Morgan fingerprint density at radius 1 is 1.40 bits per heavy atom. The number of aromatic nitrogens is 2. The molecule has 0 bridgehead atoms. The molecule has 1 amide bonds. The van der Waals surface area contributed by atoms with E-state index in [9.17, 15) is 4.79 Å². The van der Waals surface area contributed by atoms with Crippen LogP contribution >= 0.6 is 11.3 Å². The Bertz CT molecular complexity index is 781. The van der Waals surface area contributed by atoms with Gasteiger partial charge in [0.05, 0.1) is 21.6 Å². The van der Waals surface area contributed by atoms with Crippen LogP contribution < -0.4 is 5.73 Å². The summed E-state index contributed by atoms with van der Waals surface area (Å²) in [5.41, 5.74) is 10.5. The molecule has 0 saturated heterocycles. The number of fused-ring (bicyclic) bond motifs is 1. The van der Waals surface area contributed by atoms with E-state index in [2.05, 4.69) is 11.9 Å². The van der Waals surface area contributed by atoms with E-state index in [0.717, 1.165) is 33.5 Å². The molecule has 0 radical (unpaired) electrons. The summed E-state index contributed by atoms with van der Waals surface area (Å²) in [6.07, 6.45) is 2.65. The summed E-state index contributed by atoms with van der Waals surface area (Å²) in [4.78, 5) is 21.3. The molecular formula is C15H13N3OS. The Kier molecular flexibility index (Phi) is 3.20. The maximum atomic E-state index is 11.5. The minimum absolute atomic E-state index is 0.426. The van der Waals surface area contributed by atoms with Gasteiger partial charge in [-0.05, 0) is 30.2 Å². The van der Waals surface area contributed by atoms with E-state index >= 15 is 0 Å². The van der Waals surface area contributed by atoms with E-state index in [1.165, 1.54) is 0 Å². The molecule has 0 aliphatic heterocycles. The van der Waals surface area contributed by atoms with Gasteiger partial charge in [-0.2, -0.15) is 0 Å². The van der Waals surface area contributed by atoms with E-state index in [-0.39, 0.29) is 0 Å². The predicted molar refractivity (Wildman–Crippen MR) is 80.7 cm³/mol. The smallest absolute Gasteiger partial charge is 0.249 e. The highest BCUT2D eigenvalue weighted by Gasteiger charge is 2.13. The number of aryl methyl sites for hydroxylation is 1. The van der Waals surface area contributed by atoms with Gasteiger partial charge in [0.15, 0.2) is 0 Å². The van der Waals surface area contributed by atoms with E-state index in [1.54, 1.807) is 29.0 Å². The fourth-order valence-electron chi connectivity index (χ4n) is 2.27. The molecular weight excluding hydrogens is 270 g/mol. The van der Waals surface area contributed by atoms with Crippen molar-refractivity contribution in [1.82, 2.24) is 9.97 Å². The Hall–Kier alpha value is -2.27. The summed E-state index contributed by atoms with van der Waals surface area (Å²) in [5, 5.41) is 0.810. The molecule has 0 fully saturated rings. The third kappa shape index (κ3) is 2.06. The highest BCUT2D eigenvalue weighted by Crippen LogP contribution is 2.29. The number of carbonyl (C=O) groups is 1. The number of nitrogens with zero attached hydrogens (tertiary/aromatic N) is 2. The molecule has 2 N–H and O–H groups in total. The molecule has 4 nitrogen and oxygen atoms in total. The van der Waals surface area contributed by atoms with Crippen LogP contribution in [0.2, 0.25) is 0 Å². The van der Waals surface area contributed by atoms with Crippen molar-refractivity contribution in [3.05, 3.63) is 47.1 Å². The lowest BCUT2D eigenvalue weighted by molar-refractivity contribution is 0.100. The minimum Gasteiger partial charge on any atom is -0.366 e. The summed E-state index contributed by atoms with van der Waals surface area (Å²) in [7, 11) is 0. The lowest BCUT2D eigenvalue weighted by Crippen LogP contribution is -2.11. The quantitative estimate of drug-likeness (QED) is 0.803. The van der Waals surface area contributed by atoms with Gasteiger partial charge in [-0.15, -0.1) is 11.3 Å². The number of hydrogen-bond acceptors (Lipinski definition) is 4. The van der Waals surface area contributed by atoms with Crippen molar-refractivity contribution in [3.63, 3.8) is 0 Å². The standard InChI is InChI=1S/C15H13N3OS/c1-2-9-6-11-10(15(16)19)4-3-5-12(11)18-14(9)13-7-17-8-20-13/h3-8H,2H2,1H3,(H2,16,19). The van der Waals surface area contributed by atoms with Crippen LogP contribution in [0.3, 0.4) is 0 Å². The number of pyridine rings is 1. The predicted octanol–water partition coefficient (Wildman–Crippen LogP) is 3.02. The topological polar surface area (TPSA) is 68.9 Å². The first-order chi connectivity index (χ1) is 9.70. The Balaban J connectivity index is 2.32. The summed E-state index contributed by atoms with van der Waals surface area (Å²) in [6.45, 7) is 2.07. The molecule has 0 saturated carbocycles. The van der Waals surface area contributed by atoms with Crippen molar-refractivity contribution in [3.8, 4) is 10.6 Å². The number of hydrogen-bond donors (Lipinski definition) is 1. The van der Waals surface area contributed by atoms with Gasteiger partial charge in [-0.3, -0.25) is 9.78 Å². The van der Waals surface area contributed by atoms with E-state index in [4.69, 9.17) is 10.7 Å². The van der Waals surface area contributed by atoms with Gasteiger partial charge < -0.3 is 5.73 Å². The average molecular weight is 283 g/mol. The van der Waals surface area contributed by atoms with E-state index in [1.807, 2.05) is 18.3 Å². The third-order valence-electron chi connectivity index (χ3n) is 3.25. The summed E-state index contributed by atoms with van der Waals surface area (Å²) >= 11 is 1.56. The first kappa shape index (κ1) is 12.7. The van der Waals surface area contributed by atoms with Crippen LogP contribution in [0.15, 0.2) is 36.0 Å². The van der Waals surface area contributed by atoms with Gasteiger partial charge in [0.25, 0.3) is 0 Å². The van der Waals surface area contributed by atoms with Gasteiger partial charge in [0, 0.05) is 17.1 Å². The minimum atomic E-state index is -0.426. The van der Waals surface area contributed by atoms with Crippen LogP contribution in [0.1, 0.15) is 22.8 Å². The van der Waals surface area contributed by atoms with Gasteiger partial charge in [0.2, 0.25) is 5.91 Å². The lowest BCUT2D eigenvalue weighted by atomic mass is 10.0. The maximum Gasteiger partial charge on any atom is 0.249 e. The molecule has 0 atom stereocenters. The molecule has 1 aromatic carbocycles. The molecule has 100 valence electrons. The van der Waals surface area contributed by atoms with Gasteiger partial charge in [-0.25, -0.2) is 4.98 Å². The van der Waals surface area contributed by atoms with Crippen molar-refractivity contribution >= 4 is 28.1 Å². The number of primary amides is 1. The first-order valence-electron chi connectivity index (χ1n) is 6.32. The average Bonchev–Trinajstić information content (AvgIpc) is 2.99. The van der Waals surface area contributed by atoms with Crippen LogP contribution in [0.5, 0.6) is 0 Å². The third-order valence-corrected chi connectivity index (χ3v) is 4.03. The molecule has 20 heavy (non-hydrogen) atoms. The molecule has 3 rings (SSSR count). The Labute approximate surface area is 120 Å². The zero-order valence-electron chi connectivity index (χ0n) is 11.0. The normalized spacial score (nSPS) is 10.8. The van der Waals surface area contributed by atoms with E-state index in [0.29, 0.717) is 5.56 Å². The molecule has 0 aliphatic rings. The van der Waals surface area contributed by atoms with Crippen LogP contribution in [0.4, 0.5) is 0 Å². The van der Waals surface area contributed by atoms with Crippen molar-refractivity contribution in [2.24, 2.45) is 5.73 Å². The second-order valence-corrected chi connectivity index (χ2v) is 5.34. The largest absolute Gasteiger partial charge is 0.366 e. The molecule has 3 aromatic rings. The summed E-state index contributed by atoms with van der Waals surface area (Å²) in [5.74, 6) is -0.426. The molecule has 0 aliphatic carbocycles. The lowest BCUT2D eigenvalue weighted by Gasteiger charge is -2.09. The zero-order chi connectivity index (χ0) is 14.1. The fraction of sp³-hybridized carbons (Fsp3) is 0.133. The van der Waals surface area contributed by atoms with Gasteiger partial charge >= 0.3 is 0 Å². The Morgan fingerprint density at radius 3 is 2.90 bits per heavy atom. The molecule has 5 heteroatoms. The second-order valence-electron chi connectivity index (χ2n) is 4.45. The van der Waals surface area contributed by atoms with Crippen molar-refractivity contribution < 1.29 is 4.79 Å². The van der Waals surface area contributed by atoms with Crippen molar-refractivity contribution in [2.45, 2.75) is 13.3 Å². The number of nitrogens with two attached hydrogens (primary N) is 1. The zero-order valence-corrected chi connectivity index (χ0v) is 11.8. The fourth-order valence-corrected chi connectivity index (χ4v) is 2.91.